The second-order valence-corrected chi connectivity index (χ2v) is 2.67. The average molecular weight is 229 g/mol. The molecule has 0 saturated carbocycles. The molecule has 0 aliphatic rings. The Morgan fingerprint density at radius 3 is 2.80 bits per heavy atom. The highest BCUT2D eigenvalue weighted by atomic mass is 35.5. The fourth-order valence-corrected chi connectivity index (χ4v) is 0.943. The minimum absolute atomic E-state index is 0. The van der Waals surface area contributed by atoms with Gasteiger partial charge in [-0.25, -0.2) is 5.43 Å². The standard InChI is InChI=1S/C9H12N4O.ClH/c10-9(11)13-12-6-5-7-3-1-2-4-8(7)14;/h1-4,6,14H,5H2,(H4,10,11,13);1H. The zero-order valence-electron chi connectivity index (χ0n) is 7.97. The van der Waals surface area contributed by atoms with Crippen molar-refractivity contribution in [3.8, 4) is 5.75 Å². The first kappa shape index (κ1) is 13.2. The van der Waals surface area contributed by atoms with Crippen molar-refractivity contribution in [1.82, 2.24) is 5.43 Å². The summed E-state index contributed by atoms with van der Waals surface area (Å²) in [6, 6.07) is 7.00. The van der Waals surface area contributed by atoms with Gasteiger partial charge in [0.25, 0.3) is 0 Å². The van der Waals surface area contributed by atoms with Crippen LogP contribution in [0.1, 0.15) is 5.56 Å². The number of para-hydroxylation sites is 1. The molecule has 15 heavy (non-hydrogen) atoms. The molecular formula is C9H13ClN4O. The summed E-state index contributed by atoms with van der Waals surface area (Å²) < 4.78 is 0. The van der Waals surface area contributed by atoms with Crippen molar-refractivity contribution < 1.29 is 5.11 Å². The molecule has 0 radical (unpaired) electrons. The summed E-state index contributed by atoms with van der Waals surface area (Å²) in [5.74, 6) is 0.0281. The molecule has 0 aliphatic heterocycles. The SMILES string of the molecule is Cl.N=C(N)NN=CCc1ccccc1O. The number of hydrogen-bond acceptors (Lipinski definition) is 3. The third-order valence-corrected chi connectivity index (χ3v) is 1.58. The molecule has 0 aromatic heterocycles. The van der Waals surface area contributed by atoms with Gasteiger partial charge in [-0.2, -0.15) is 5.10 Å². The van der Waals surface area contributed by atoms with Gasteiger partial charge in [0.05, 0.1) is 0 Å². The minimum atomic E-state index is -0.210. The average Bonchev–Trinajstić information content (AvgIpc) is 2.15. The molecule has 1 aromatic carbocycles. The quantitative estimate of drug-likeness (QED) is 0.351. The number of nitrogens with zero attached hydrogens (tertiary/aromatic N) is 1. The van der Waals surface area contributed by atoms with E-state index in [4.69, 9.17) is 11.1 Å². The summed E-state index contributed by atoms with van der Waals surface area (Å²) in [7, 11) is 0. The zero-order chi connectivity index (χ0) is 10.4. The van der Waals surface area contributed by atoms with E-state index >= 15 is 0 Å². The zero-order valence-corrected chi connectivity index (χ0v) is 8.79. The third kappa shape index (κ3) is 4.87. The van der Waals surface area contributed by atoms with E-state index in [9.17, 15) is 5.11 Å². The monoisotopic (exact) mass is 228 g/mol. The number of hydrogen-bond donors (Lipinski definition) is 4. The first-order chi connectivity index (χ1) is 6.70. The Morgan fingerprint density at radius 1 is 1.53 bits per heavy atom. The molecule has 0 spiro atoms. The lowest BCUT2D eigenvalue weighted by molar-refractivity contribution is 0.470. The third-order valence-electron chi connectivity index (χ3n) is 1.58. The summed E-state index contributed by atoms with van der Waals surface area (Å²) in [6.07, 6.45) is 2.03. The number of aromatic hydroxyl groups is 1. The number of hydrazone groups is 1. The number of nitrogens with one attached hydrogen (secondary N) is 2. The van der Waals surface area contributed by atoms with Gasteiger partial charge in [-0.15, -0.1) is 12.4 Å². The van der Waals surface area contributed by atoms with Crippen LogP contribution in [0.5, 0.6) is 5.75 Å². The van der Waals surface area contributed by atoms with Gasteiger partial charge in [-0.3, -0.25) is 5.41 Å². The van der Waals surface area contributed by atoms with E-state index in [2.05, 4.69) is 10.5 Å². The molecule has 1 rings (SSSR count). The van der Waals surface area contributed by atoms with Gasteiger partial charge in [0.1, 0.15) is 5.75 Å². The molecule has 0 heterocycles. The molecule has 0 bridgehead atoms. The topological polar surface area (TPSA) is 94.5 Å². The molecular weight excluding hydrogens is 216 g/mol. The first-order valence-electron chi connectivity index (χ1n) is 4.08. The number of rotatable bonds is 3. The lowest BCUT2D eigenvalue weighted by Gasteiger charge is -1.99. The fourth-order valence-electron chi connectivity index (χ4n) is 0.943. The van der Waals surface area contributed by atoms with Crippen molar-refractivity contribution in [3.05, 3.63) is 29.8 Å². The van der Waals surface area contributed by atoms with Crippen LogP contribution in [0.2, 0.25) is 0 Å². The van der Waals surface area contributed by atoms with Gasteiger partial charge in [0, 0.05) is 12.6 Å². The molecule has 5 nitrogen and oxygen atoms in total. The van der Waals surface area contributed by atoms with E-state index in [0.29, 0.717) is 6.42 Å². The molecule has 0 unspecified atom stereocenters. The van der Waals surface area contributed by atoms with Gasteiger partial charge >= 0.3 is 0 Å². The predicted molar refractivity (Wildman–Crippen MR) is 62.6 cm³/mol. The van der Waals surface area contributed by atoms with Gasteiger partial charge in [-0.1, -0.05) is 18.2 Å². The summed E-state index contributed by atoms with van der Waals surface area (Å²) in [6.45, 7) is 0. The Balaban J connectivity index is 0.00000196. The lowest BCUT2D eigenvalue weighted by Crippen LogP contribution is -2.25. The summed E-state index contributed by atoms with van der Waals surface area (Å²) in [4.78, 5) is 0. The van der Waals surface area contributed by atoms with Crippen LogP contribution < -0.4 is 11.2 Å². The molecule has 1 aromatic rings. The van der Waals surface area contributed by atoms with Crippen LogP contribution in [-0.4, -0.2) is 17.3 Å². The van der Waals surface area contributed by atoms with E-state index in [1.165, 1.54) is 6.21 Å². The van der Waals surface area contributed by atoms with Crippen molar-refractivity contribution in [1.29, 1.82) is 5.41 Å². The highest BCUT2D eigenvalue weighted by Gasteiger charge is 1.95. The molecule has 0 aliphatic carbocycles. The molecule has 0 saturated heterocycles. The minimum Gasteiger partial charge on any atom is -0.508 e. The highest BCUT2D eigenvalue weighted by molar-refractivity contribution is 5.85. The van der Waals surface area contributed by atoms with E-state index in [-0.39, 0.29) is 24.1 Å². The maximum Gasteiger partial charge on any atom is 0.206 e. The van der Waals surface area contributed by atoms with Gasteiger partial charge in [0.2, 0.25) is 5.96 Å². The maximum absolute atomic E-state index is 9.37. The number of phenols is 1. The van der Waals surface area contributed by atoms with Crippen LogP contribution >= 0.6 is 12.4 Å². The Hall–Kier alpha value is -1.75. The molecule has 6 heteroatoms. The molecule has 0 fully saturated rings. The van der Waals surface area contributed by atoms with E-state index in [1.54, 1.807) is 18.2 Å². The van der Waals surface area contributed by atoms with Gasteiger partial charge < -0.3 is 10.8 Å². The lowest BCUT2D eigenvalue weighted by atomic mass is 10.1. The Morgan fingerprint density at radius 2 is 2.20 bits per heavy atom. The number of halogens is 1. The van der Waals surface area contributed by atoms with Crippen LogP contribution in [0.25, 0.3) is 0 Å². The van der Waals surface area contributed by atoms with E-state index in [1.807, 2.05) is 6.07 Å². The van der Waals surface area contributed by atoms with Crippen molar-refractivity contribution in [2.45, 2.75) is 6.42 Å². The van der Waals surface area contributed by atoms with Crippen LogP contribution in [0.3, 0.4) is 0 Å². The fraction of sp³-hybridized carbons (Fsp3) is 0.111. The summed E-state index contributed by atoms with van der Waals surface area (Å²) >= 11 is 0. The Bertz CT molecular complexity index is 354. The maximum atomic E-state index is 9.37. The van der Waals surface area contributed by atoms with Crippen LogP contribution in [-0.2, 0) is 6.42 Å². The number of guanidine groups is 1. The molecule has 82 valence electrons. The van der Waals surface area contributed by atoms with Crippen molar-refractivity contribution in [2.75, 3.05) is 0 Å². The second kappa shape index (κ2) is 6.67. The van der Waals surface area contributed by atoms with Gasteiger partial charge in [0.15, 0.2) is 0 Å². The Labute approximate surface area is 93.9 Å². The number of phenolic OH excluding ortho intramolecular Hbond substituents is 1. The summed E-state index contributed by atoms with van der Waals surface area (Å²) in [5.41, 5.74) is 8.07. The first-order valence-corrected chi connectivity index (χ1v) is 4.08. The van der Waals surface area contributed by atoms with Crippen LogP contribution in [0.4, 0.5) is 0 Å². The predicted octanol–water partition coefficient (Wildman–Crippen LogP) is 0.825. The smallest absolute Gasteiger partial charge is 0.206 e. The van der Waals surface area contributed by atoms with Gasteiger partial charge in [-0.05, 0) is 11.6 Å². The van der Waals surface area contributed by atoms with Crippen molar-refractivity contribution in [2.24, 2.45) is 10.8 Å². The van der Waals surface area contributed by atoms with Crippen LogP contribution in [0, 0.1) is 5.41 Å². The van der Waals surface area contributed by atoms with Crippen molar-refractivity contribution in [3.63, 3.8) is 0 Å². The normalized spacial score (nSPS) is 9.60. The number of nitrogens with two attached hydrogens (primary N) is 1. The highest BCUT2D eigenvalue weighted by Crippen LogP contribution is 2.14. The van der Waals surface area contributed by atoms with Crippen molar-refractivity contribution >= 4 is 24.6 Å². The number of benzene rings is 1. The second-order valence-electron chi connectivity index (χ2n) is 2.67. The molecule has 0 amide bonds. The molecule has 0 atom stereocenters. The Kier molecular flexibility index (Phi) is 5.89. The van der Waals surface area contributed by atoms with Crippen LogP contribution in [0.15, 0.2) is 29.4 Å². The summed E-state index contributed by atoms with van der Waals surface area (Å²) in [5, 5.41) is 19.9. The van der Waals surface area contributed by atoms with E-state index < -0.39 is 0 Å². The molecule has 5 N–H and O–H groups in total. The van der Waals surface area contributed by atoms with E-state index in [0.717, 1.165) is 5.56 Å². The largest absolute Gasteiger partial charge is 0.508 e.